The van der Waals surface area contributed by atoms with Gasteiger partial charge in [0.05, 0.1) is 6.10 Å². The fourth-order valence-corrected chi connectivity index (χ4v) is 2.42. The number of nitrogens with one attached hydrogen (secondary N) is 1. The fourth-order valence-electron chi connectivity index (χ4n) is 2.42. The average Bonchev–Trinajstić information content (AvgIpc) is 2.65. The number of amides is 1. The van der Waals surface area contributed by atoms with E-state index in [-0.39, 0.29) is 13.0 Å². The third kappa shape index (κ3) is 7.16. The summed E-state index contributed by atoms with van der Waals surface area (Å²) in [5.74, 6) is 4.17. The van der Waals surface area contributed by atoms with Crippen molar-refractivity contribution in [1.29, 1.82) is 0 Å². The predicted octanol–water partition coefficient (Wildman–Crippen LogP) is 3.58. The van der Waals surface area contributed by atoms with Crippen LogP contribution in [-0.4, -0.2) is 23.7 Å². The van der Waals surface area contributed by atoms with Gasteiger partial charge in [-0.25, -0.2) is 0 Å². The Morgan fingerprint density at radius 1 is 1.00 bits per heavy atom. The number of carbonyl (C=O) groups excluding carboxylic acids is 1. The van der Waals surface area contributed by atoms with Gasteiger partial charge in [0, 0.05) is 19.4 Å². The molecule has 0 saturated heterocycles. The van der Waals surface area contributed by atoms with E-state index in [0.717, 1.165) is 11.1 Å². The van der Waals surface area contributed by atoms with Crippen LogP contribution >= 0.6 is 0 Å². The number of benzene rings is 2. The van der Waals surface area contributed by atoms with Gasteiger partial charge in [-0.1, -0.05) is 66.4 Å². The number of hydrogen-bond acceptors (Lipinski definition) is 2. The number of alkyl halides is 3. The lowest BCUT2D eigenvalue weighted by molar-refractivity contribution is -0.173. The third-order valence-corrected chi connectivity index (χ3v) is 3.85. The molecule has 3 nitrogen and oxygen atoms in total. The smallest absolute Gasteiger partial charge is 0.388 e. The fraction of sp³-hybridized carbons (Fsp3) is 0.286. The Balaban J connectivity index is 1.84. The van der Waals surface area contributed by atoms with Crippen molar-refractivity contribution in [3.8, 4) is 11.8 Å². The van der Waals surface area contributed by atoms with E-state index in [1.165, 1.54) is 0 Å². The number of carbonyl (C=O) groups is 1. The Kier molecular flexibility index (Phi) is 7.44. The molecule has 0 aliphatic carbocycles. The molecule has 0 aromatic heterocycles. The molecule has 0 radical (unpaired) electrons. The lowest BCUT2D eigenvalue weighted by Gasteiger charge is -2.13. The van der Waals surface area contributed by atoms with Crippen LogP contribution in [0.1, 0.15) is 29.2 Å². The zero-order valence-corrected chi connectivity index (χ0v) is 14.6. The first-order valence-corrected chi connectivity index (χ1v) is 8.48. The van der Waals surface area contributed by atoms with E-state index in [1.54, 1.807) is 23.5 Å². The van der Waals surface area contributed by atoms with Gasteiger partial charge in [0.2, 0.25) is 0 Å². The second-order valence-electron chi connectivity index (χ2n) is 6.00. The van der Waals surface area contributed by atoms with Gasteiger partial charge in [-0.2, -0.15) is 13.2 Å². The number of rotatable bonds is 6. The van der Waals surface area contributed by atoms with Crippen molar-refractivity contribution in [2.75, 3.05) is 6.54 Å². The molecule has 2 aromatic carbocycles. The normalized spacial score (nSPS) is 12.0. The SMILES string of the molecule is O=C(NCCC(O)c1cccc(CC#CCc2ccccc2)c1)C(F)(F)F. The van der Waals surface area contributed by atoms with Crippen LogP contribution in [0.25, 0.3) is 0 Å². The summed E-state index contributed by atoms with van der Waals surface area (Å²) >= 11 is 0. The zero-order chi connectivity index (χ0) is 19.7. The highest BCUT2D eigenvalue weighted by Gasteiger charge is 2.38. The van der Waals surface area contributed by atoms with Crippen molar-refractivity contribution in [3.05, 3.63) is 71.3 Å². The van der Waals surface area contributed by atoms with Crippen molar-refractivity contribution in [2.24, 2.45) is 0 Å². The van der Waals surface area contributed by atoms with Crippen LogP contribution < -0.4 is 5.32 Å². The van der Waals surface area contributed by atoms with Crippen LogP contribution in [0.15, 0.2) is 54.6 Å². The van der Waals surface area contributed by atoms with E-state index in [0.29, 0.717) is 18.4 Å². The Hall–Kier alpha value is -2.78. The van der Waals surface area contributed by atoms with Gasteiger partial charge in [0.15, 0.2) is 0 Å². The summed E-state index contributed by atoms with van der Waals surface area (Å²) in [6.07, 6.45) is -4.72. The highest BCUT2D eigenvalue weighted by atomic mass is 19.4. The molecule has 0 saturated carbocycles. The van der Waals surface area contributed by atoms with Crippen LogP contribution in [0.3, 0.4) is 0 Å². The van der Waals surface area contributed by atoms with E-state index >= 15 is 0 Å². The number of hydrogen-bond donors (Lipinski definition) is 2. The molecule has 1 atom stereocenters. The van der Waals surface area contributed by atoms with Crippen molar-refractivity contribution in [1.82, 2.24) is 5.32 Å². The van der Waals surface area contributed by atoms with Crippen molar-refractivity contribution < 1.29 is 23.1 Å². The number of halogens is 3. The van der Waals surface area contributed by atoms with E-state index in [2.05, 4.69) is 11.8 Å². The molecule has 0 fully saturated rings. The quantitative estimate of drug-likeness (QED) is 0.759. The van der Waals surface area contributed by atoms with E-state index in [4.69, 9.17) is 0 Å². The molecule has 27 heavy (non-hydrogen) atoms. The summed E-state index contributed by atoms with van der Waals surface area (Å²) in [5, 5.41) is 11.9. The maximum atomic E-state index is 12.1. The standard InChI is InChI=1S/C21H20F3NO2/c22-21(23,24)20(27)25-14-13-19(26)18-12-6-11-17(15-18)10-5-4-9-16-7-2-1-3-8-16/h1-3,6-8,11-12,15,19,26H,9-10,13-14H2,(H,25,27). The first-order chi connectivity index (χ1) is 12.9. The average molecular weight is 375 g/mol. The molecule has 1 amide bonds. The van der Waals surface area contributed by atoms with E-state index in [1.807, 2.05) is 36.4 Å². The molecular weight excluding hydrogens is 355 g/mol. The summed E-state index contributed by atoms with van der Waals surface area (Å²) in [7, 11) is 0. The molecule has 0 spiro atoms. The van der Waals surface area contributed by atoms with Gasteiger partial charge in [0.1, 0.15) is 0 Å². The second-order valence-corrected chi connectivity index (χ2v) is 6.00. The number of aliphatic hydroxyl groups is 1. The lowest BCUT2D eigenvalue weighted by Crippen LogP contribution is -2.37. The van der Waals surface area contributed by atoms with Gasteiger partial charge >= 0.3 is 12.1 Å². The molecular formula is C21H20F3NO2. The minimum absolute atomic E-state index is 0.00897. The molecule has 0 heterocycles. The van der Waals surface area contributed by atoms with Gasteiger partial charge in [-0.3, -0.25) is 4.79 Å². The Labute approximate surface area is 156 Å². The monoisotopic (exact) mass is 375 g/mol. The van der Waals surface area contributed by atoms with Gasteiger partial charge in [-0.05, 0) is 23.1 Å². The Morgan fingerprint density at radius 2 is 1.63 bits per heavy atom. The van der Waals surface area contributed by atoms with Crippen LogP contribution in [0.5, 0.6) is 0 Å². The summed E-state index contributed by atoms with van der Waals surface area (Å²) in [4.78, 5) is 10.8. The van der Waals surface area contributed by atoms with Crippen molar-refractivity contribution >= 4 is 5.91 Å². The van der Waals surface area contributed by atoms with Crippen molar-refractivity contribution in [2.45, 2.75) is 31.5 Å². The van der Waals surface area contributed by atoms with E-state index < -0.39 is 18.2 Å². The highest BCUT2D eigenvalue weighted by Crippen LogP contribution is 2.18. The molecule has 6 heteroatoms. The largest absolute Gasteiger partial charge is 0.471 e. The van der Waals surface area contributed by atoms with Crippen LogP contribution in [0.4, 0.5) is 13.2 Å². The van der Waals surface area contributed by atoms with E-state index in [9.17, 15) is 23.1 Å². The maximum absolute atomic E-state index is 12.1. The van der Waals surface area contributed by atoms with Gasteiger partial charge in [0.25, 0.3) is 0 Å². The minimum Gasteiger partial charge on any atom is -0.388 e. The molecule has 2 rings (SSSR count). The predicted molar refractivity (Wildman–Crippen MR) is 96.7 cm³/mol. The number of aliphatic hydroxyl groups excluding tert-OH is 1. The van der Waals surface area contributed by atoms with Crippen LogP contribution in [-0.2, 0) is 17.6 Å². The Morgan fingerprint density at radius 3 is 2.30 bits per heavy atom. The first kappa shape index (κ1) is 20.5. The summed E-state index contributed by atoms with van der Waals surface area (Å²) in [5.41, 5.74) is 2.63. The van der Waals surface area contributed by atoms with Gasteiger partial charge < -0.3 is 10.4 Å². The maximum Gasteiger partial charge on any atom is 0.471 e. The molecule has 142 valence electrons. The molecule has 0 aliphatic rings. The highest BCUT2D eigenvalue weighted by molar-refractivity contribution is 5.81. The topological polar surface area (TPSA) is 49.3 Å². The summed E-state index contributed by atoms with van der Waals surface area (Å²) < 4.78 is 36.4. The zero-order valence-electron chi connectivity index (χ0n) is 14.6. The summed E-state index contributed by atoms with van der Waals surface area (Å²) in [6.45, 7) is -0.263. The summed E-state index contributed by atoms with van der Waals surface area (Å²) in [6, 6.07) is 17.0. The molecule has 2 aromatic rings. The second kappa shape index (κ2) is 9.79. The molecule has 2 N–H and O–H groups in total. The Bertz CT molecular complexity index is 807. The minimum atomic E-state index is -4.91. The molecule has 0 aliphatic heterocycles. The van der Waals surface area contributed by atoms with Crippen LogP contribution in [0.2, 0.25) is 0 Å². The molecule has 1 unspecified atom stereocenters. The first-order valence-electron chi connectivity index (χ1n) is 8.48. The lowest BCUT2D eigenvalue weighted by atomic mass is 10.0. The molecule has 0 bridgehead atoms. The van der Waals surface area contributed by atoms with Crippen LogP contribution in [0, 0.1) is 11.8 Å². The third-order valence-electron chi connectivity index (χ3n) is 3.85. The van der Waals surface area contributed by atoms with Crippen molar-refractivity contribution in [3.63, 3.8) is 0 Å². The van der Waals surface area contributed by atoms with Gasteiger partial charge in [-0.15, -0.1) is 0 Å².